The topological polar surface area (TPSA) is 70.9 Å². The molecule has 4 aromatic rings. The van der Waals surface area contributed by atoms with Crippen LogP contribution in [0.4, 0.5) is 30.6 Å². The Kier molecular flexibility index (Phi) is 7.27. The number of alkyl halides is 3. The van der Waals surface area contributed by atoms with Gasteiger partial charge in [-0.3, -0.25) is 9.47 Å². The zero-order valence-electron chi connectivity index (χ0n) is 20.0. The molecule has 0 saturated carbocycles. The van der Waals surface area contributed by atoms with E-state index in [-0.39, 0.29) is 5.95 Å². The first-order valence-corrected chi connectivity index (χ1v) is 12.3. The molecule has 0 aliphatic heterocycles. The van der Waals surface area contributed by atoms with Gasteiger partial charge in [0.1, 0.15) is 6.33 Å². The summed E-state index contributed by atoms with van der Waals surface area (Å²) in [5.74, 6) is 0.826. The molecule has 0 amide bonds. The lowest BCUT2D eigenvalue weighted by atomic mass is 10.2. The molecule has 0 aliphatic carbocycles. The van der Waals surface area contributed by atoms with Gasteiger partial charge in [-0.05, 0) is 63.4 Å². The molecule has 0 radical (unpaired) electrons. The Hall–Kier alpha value is -3.18. The van der Waals surface area contributed by atoms with Gasteiger partial charge in [0.05, 0.1) is 11.3 Å². The molecule has 7 nitrogen and oxygen atoms in total. The van der Waals surface area contributed by atoms with Gasteiger partial charge in [-0.1, -0.05) is 0 Å². The van der Waals surface area contributed by atoms with Crippen LogP contribution >= 0.6 is 11.3 Å². The molecule has 1 aromatic carbocycles. The second-order valence-corrected chi connectivity index (χ2v) is 9.50. The van der Waals surface area contributed by atoms with Crippen molar-refractivity contribution in [1.29, 1.82) is 0 Å². The Morgan fingerprint density at radius 1 is 1.03 bits per heavy atom. The fourth-order valence-electron chi connectivity index (χ4n) is 3.95. The van der Waals surface area contributed by atoms with Gasteiger partial charge >= 0.3 is 6.18 Å². The second kappa shape index (κ2) is 10.2. The third kappa shape index (κ3) is 5.73. The lowest BCUT2D eigenvalue weighted by Crippen LogP contribution is -2.40. The van der Waals surface area contributed by atoms with Crippen molar-refractivity contribution in [3.63, 3.8) is 0 Å². The van der Waals surface area contributed by atoms with Crippen LogP contribution in [0.3, 0.4) is 0 Å². The lowest BCUT2D eigenvalue weighted by molar-refractivity contribution is -0.137. The molecule has 0 bridgehead atoms. The number of fused-ring (bicyclic) bond motifs is 1. The molecule has 0 fully saturated rings. The third-order valence-electron chi connectivity index (χ3n) is 5.64. The van der Waals surface area contributed by atoms with E-state index in [4.69, 9.17) is 0 Å². The van der Waals surface area contributed by atoms with Gasteiger partial charge in [0.15, 0.2) is 17.0 Å². The van der Waals surface area contributed by atoms with E-state index >= 15 is 0 Å². The maximum atomic E-state index is 12.9. The maximum Gasteiger partial charge on any atom is 0.416 e. The van der Waals surface area contributed by atoms with Crippen molar-refractivity contribution in [2.24, 2.45) is 0 Å². The van der Waals surface area contributed by atoms with Crippen LogP contribution in [0, 0.1) is 0 Å². The number of thiophene rings is 1. The van der Waals surface area contributed by atoms with Gasteiger partial charge in [-0.15, -0.1) is 0 Å². The van der Waals surface area contributed by atoms with Crippen LogP contribution in [0.5, 0.6) is 0 Å². The Morgan fingerprint density at radius 3 is 2.34 bits per heavy atom. The molecular formula is C24H28F3N7S. The predicted octanol–water partition coefficient (Wildman–Crippen LogP) is 6.17. The standard InChI is InChI=1S/C24H28F3N7S/c1-15(2)33(16(3)4)11-10-28-21-20-22(34(14-29-20)19-9-12-35-13-19)32-23(31-21)30-18-7-5-17(6-8-18)24(25,26)27/h5-9,12-16H,10-11H2,1-4H3,(H2,28,30,31,32). The molecule has 11 heteroatoms. The van der Waals surface area contributed by atoms with Crippen LogP contribution in [0.15, 0.2) is 47.4 Å². The lowest BCUT2D eigenvalue weighted by Gasteiger charge is -2.30. The molecule has 35 heavy (non-hydrogen) atoms. The fraction of sp³-hybridized carbons (Fsp3) is 0.375. The number of rotatable bonds is 9. The summed E-state index contributed by atoms with van der Waals surface area (Å²) in [6.07, 6.45) is -2.69. The monoisotopic (exact) mass is 503 g/mol. The highest BCUT2D eigenvalue weighted by Crippen LogP contribution is 2.31. The van der Waals surface area contributed by atoms with E-state index in [9.17, 15) is 13.2 Å². The Morgan fingerprint density at radius 2 is 1.74 bits per heavy atom. The second-order valence-electron chi connectivity index (χ2n) is 8.72. The minimum atomic E-state index is -4.39. The average Bonchev–Trinajstić information content (AvgIpc) is 3.45. The van der Waals surface area contributed by atoms with Crippen molar-refractivity contribution < 1.29 is 13.2 Å². The minimum Gasteiger partial charge on any atom is -0.367 e. The smallest absolute Gasteiger partial charge is 0.367 e. The highest BCUT2D eigenvalue weighted by Gasteiger charge is 2.30. The third-order valence-corrected chi connectivity index (χ3v) is 6.31. The van der Waals surface area contributed by atoms with Crippen molar-refractivity contribution in [1.82, 2.24) is 24.4 Å². The van der Waals surface area contributed by atoms with E-state index in [1.54, 1.807) is 17.7 Å². The quantitative estimate of drug-likeness (QED) is 0.285. The first kappa shape index (κ1) is 24.9. The highest BCUT2D eigenvalue weighted by molar-refractivity contribution is 7.08. The summed E-state index contributed by atoms with van der Waals surface area (Å²) >= 11 is 1.56. The van der Waals surface area contributed by atoms with Gasteiger partial charge < -0.3 is 10.6 Å². The van der Waals surface area contributed by atoms with Gasteiger partial charge in [0.25, 0.3) is 0 Å². The molecule has 4 rings (SSSR count). The molecule has 0 saturated heterocycles. The number of anilines is 3. The van der Waals surface area contributed by atoms with Crippen molar-refractivity contribution in [3.8, 4) is 5.69 Å². The van der Waals surface area contributed by atoms with Crippen molar-refractivity contribution in [2.45, 2.75) is 46.0 Å². The number of hydrogen-bond acceptors (Lipinski definition) is 7. The van der Waals surface area contributed by atoms with Gasteiger partial charge in [-0.25, -0.2) is 4.98 Å². The molecule has 0 atom stereocenters. The largest absolute Gasteiger partial charge is 0.416 e. The van der Waals surface area contributed by atoms with E-state index in [1.165, 1.54) is 12.1 Å². The highest BCUT2D eigenvalue weighted by atomic mass is 32.1. The van der Waals surface area contributed by atoms with Gasteiger partial charge in [0, 0.05) is 36.2 Å². The summed E-state index contributed by atoms with van der Waals surface area (Å²) in [7, 11) is 0. The number of imidazole rings is 1. The maximum absolute atomic E-state index is 12.9. The van der Waals surface area contributed by atoms with E-state index < -0.39 is 11.7 Å². The molecule has 186 valence electrons. The Labute approximate surface area is 206 Å². The normalized spacial score (nSPS) is 12.3. The van der Waals surface area contributed by atoms with Gasteiger partial charge in [0.2, 0.25) is 5.95 Å². The molecule has 3 aromatic heterocycles. The molecule has 2 N–H and O–H groups in total. The summed E-state index contributed by atoms with van der Waals surface area (Å²) in [5.41, 5.74) is 1.89. The molecular weight excluding hydrogens is 475 g/mol. The van der Waals surface area contributed by atoms with Crippen LogP contribution in [-0.4, -0.2) is 49.6 Å². The fourth-order valence-corrected chi connectivity index (χ4v) is 4.58. The number of aromatic nitrogens is 4. The van der Waals surface area contributed by atoms with E-state index in [0.29, 0.717) is 41.3 Å². The molecule has 0 unspecified atom stereocenters. The summed E-state index contributed by atoms with van der Waals surface area (Å²) in [5, 5.41) is 10.4. The summed E-state index contributed by atoms with van der Waals surface area (Å²) in [6, 6.07) is 7.55. The van der Waals surface area contributed by atoms with Crippen LogP contribution in [0.25, 0.3) is 16.9 Å². The van der Waals surface area contributed by atoms with Crippen molar-refractivity contribution in [3.05, 3.63) is 53.0 Å². The zero-order valence-corrected chi connectivity index (χ0v) is 20.8. The summed E-state index contributed by atoms with van der Waals surface area (Å²) in [6.45, 7) is 10.1. The Bertz CT molecular complexity index is 1240. The van der Waals surface area contributed by atoms with Crippen LogP contribution in [0.2, 0.25) is 0 Å². The van der Waals surface area contributed by atoms with Crippen molar-refractivity contribution >= 4 is 40.0 Å². The van der Waals surface area contributed by atoms with E-state index in [2.05, 4.69) is 58.2 Å². The summed E-state index contributed by atoms with van der Waals surface area (Å²) < 4.78 is 40.6. The first-order valence-electron chi connectivity index (χ1n) is 11.3. The van der Waals surface area contributed by atoms with E-state index in [0.717, 1.165) is 24.4 Å². The molecule has 0 spiro atoms. The average molecular weight is 504 g/mol. The number of benzene rings is 1. The summed E-state index contributed by atoms with van der Waals surface area (Å²) in [4.78, 5) is 16.1. The van der Waals surface area contributed by atoms with Crippen molar-refractivity contribution in [2.75, 3.05) is 23.7 Å². The van der Waals surface area contributed by atoms with E-state index in [1.807, 2.05) is 21.4 Å². The number of nitrogens with zero attached hydrogens (tertiary/aromatic N) is 5. The first-order chi connectivity index (χ1) is 16.6. The van der Waals surface area contributed by atoms with Crippen LogP contribution in [0.1, 0.15) is 33.3 Å². The van der Waals surface area contributed by atoms with Gasteiger partial charge in [-0.2, -0.15) is 34.5 Å². The number of halogens is 3. The van der Waals surface area contributed by atoms with Crippen LogP contribution < -0.4 is 10.6 Å². The zero-order chi connectivity index (χ0) is 25.2. The minimum absolute atomic E-state index is 0.265. The SMILES string of the molecule is CC(C)N(CCNc1nc(Nc2ccc(C(F)(F)F)cc2)nc2c1ncn2-c1ccsc1)C(C)C. The number of nitrogens with one attached hydrogen (secondary N) is 2. The predicted molar refractivity (Wildman–Crippen MR) is 135 cm³/mol. The Balaban J connectivity index is 1.65. The number of hydrogen-bond donors (Lipinski definition) is 2. The van der Waals surface area contributed by atoms with Crippen LogP contribution in [-0.2, 0) is 6.18 Å². The molecule has 0 aliphatic rings. The molecule has 3 heterocycles.